The monoisotopic (exact) mass is 417 g/mol. The molecular weight excluding hydrogens is 386 g/mol. The molecule has 0 heterocycles. The Morgan fingerprint density at radius 2 is 1.67 bits per heavy atom. The second-order valence-corrected chi connectivity index (χ2v) is 9.01. The van der Waals surface area contributed by atoms with Crippen LogP contribution in [-0.4, -0.2) is 37.3 Å². The summed E-state index contributed by atoms with van der Waals surface area (Å²) < 4.78 is 26.5. The lowest BCUT2D eigenvalue weighted by Crippen LogP contribution is -2.55. The van der Waals surface area contributed by atoms with Gasteiger partial charge in [-0.2, -0.15) is 4.31 Å². The highest BCUT2D eigenvalue weighted by Crippen LogP contribution is 2.27. The van der Waals surface area contributed by atoms with Crippen LogP contribution in [0.1, 0.15) is 64.5 Å². The van der Waals surface area contributed by atoms with Crippen LogP contribution in [0.25, 0.3) is 0 Å². The fraction of sp³-hybridized carbons (Fsp3) is 0.632. The molecule has 1 aliphatic rings. The Hall–Kier alpha value is -1.15. The van der Waals surface area contributed by atoms with E-state index in [2.05, 4.69) is 5.32 Å². The quantitative estimate of drug-likeness (QED) is 0.713. The summed E-state index contributed by atoms with van der Waals surface area (Å²) in [5, 5.41) is 2.99. The summed E-state index contributed by atoms with van der Waals surface area (Å²) in [5.74, 6) is -0.121. The molecule has 8 heteroatoms. The largest absolute Gasteiger partial charge is 0.348 e. The van der Waals surface area contributed by atoms with E-state index in [0.717, 1.165) is 24.8 Å². The van der Waals surface area contributed by atoms with Gasteiger partial charge >= 0.3 is 0 Å². The van der Waals surface area contributed by atoms with E-state index in [1.54, 1.807) is 24.3 Å². The standard InChI is InChI=1S/C19H31N3O3S.ClH/c1-4-22(5-2)26(24,25)17-11-9-16(10-12-17)15(3)21-18(23)19(20)13-7-6-8-14-19;/h9-12,15H,4-8,13-14,20H2,1-3H3,(H,21,23);1H. The first-order valence-electron chi connectivity index (χ1n) is 9.44. The van der Waals surface area contributed by atoms with Gasteiger partial charge < -0.3 is 11.1 Å². The van der Waals surface area contributed by atoms with Crippen LogP contribution in [0.3, 0.4) is 0 Å². The van der Waals surface area contributed by atoms with Crippen LogP contribution in [0, 0.1) is 0 Å². The van der Waals surface area contributed by atoms with Gasteiger partial charge in [0.15, 0.2) is 0 Å². The first-order chi connectivity index (χ1) is 12.2. The smallest absolute Gasteiger partial charge is 0.243 e. The Morgan fingerprint density at radius 3 is 2.15 bits per heavy atom. The van der Waals surface area contributed by atoms with Crippen molar-refractivity contribution in [1.29, 1.82) is 0 Å². The van der Waals surface area contributed by atoms with E-state index in [-0.39, 0.29) is 29.3 Å². The number of benzene rings is 1. The molecule has 2 rings (SSSR count). The molecular formula is C19H32ClN3O3S. The minimum atomic E-state index is -3.47. The Kier molecular flexibility index (Phi) is 8.73. The Morgan fingerprint density at radius 1 is 1.15 bits per heavy atom. The number of hydrogen-bond donors (Lipinski definition) is 2. The third-order valence-electron chi connectivity index (χ3n) is 5.27. The Labute approximate surface area is 169 Å². The van der Waals surface area contributed by atoms with Crippen LogP contribution in [0.5, 0.6) is 0 Å². The molecule has 3 N–H and O–H groups in total. The number of nitrogens with two attached hydrogens (primary N) is 1. The van der Waals surface area contributed by atoms with Crippen molar-refractivity contribution < 1.29 is 13.2 Å². The van der Waals surface area contributed by atoms with Crippen molar-refractivity contribution in [3.05, 3.63) is 29.8 Å². The molecule has 1 fully saturated rings. The van der Waals surface area contributed by atoms with Crippen LogP contribution < -0.4 is 11.1 Å². The van der Waals surface area contributed by atoms with Gasteiger partial charge in [0.1, 0.15) is 0 Å². The van der Waals surface area contributed by atoms with Crippen molar-refractivity contribution in [1.82, 2.24) is 9.62 Å². The van der Waals surface area contributed by atoms with Gasteiger partial charge in [0.05, 0.1) is 16.5 Å². The number of amides is 1. The maximum atomic E-state index is 12.6. The number of carbonyl (C=O) groups is 1. The number of rotatable bonds is 7. The molecule has 1 amide bonds. The molecule has 0 spiro atoms. The Balaban J connectivity index is 0.00000364. The molecule has 1 atom stereocenters. The van der Waals surface area contributed by atoms with Crippen molar-refractivity contribution in [3.8, 4) is 0 Å². The fourth-order valence-electron chi connectivity index (χ4n) is 3.47. The molecule has 1 aromatic carbocycles. The summed E-state index contributed by atoms with van der Waals surface area (Å²) >= 11 is 0. The van der Waals surface area contributed by atoms with Crippen molar-refractivity contribution in [2.75, 3.05) is 13.1 Å². The lowest BCUT2D eigenvalue weighted by molar-refractivity contribution is -0.128. The zero-order valence-corrected chi connectivity index (χ0v) is 18.0. The molecule has 1 aliphatic carbocycles. The molecule has 1 unspecified atom stereocenters. The van der Waals surface area contributed by atoms with E-state index in [1.165, 1.54) is 4.31 Å². The van der Waals surface area contributed by atoms with E-state index >= 15 is 0 Å². The van der Waals surface area contributed by atoms with E-state index in [9.17, 15) is 13.2 Å². The first kappa shape index (κ1) is 23.9. The summed E-state index contributed by atoms with van der Waals surface area (Å²) in [6, 6.07) is 6.49. The Bertz CT molecular complexity index is 712. The zero-order chi connectivity index (χ0) is 19.4. The summed E-state index contributed by atoms with van der Waals surface area (Å²) in [7, 11) is -3.47. The first-order valence-corrected chi connectivity index (χ1v) is 10.9. The lowest BCUT2D eigenvalue weighted by atomic mass is 9.81. The predicted octanol–water partition coefficient (Wildman–Crippen LogP) is 2.98. The maximum absolute atomic E-state index is 12.6. The fourth-order valence-corrected chi connectivity index (χ4v) is 4.93. The van der Waals surface area contributed by atoms with Crippen molar-refractivity contribution >= 4 is 28.3 Å². The van der Waals surface area contributed by atoms with Crippen molar-refractivity contribution in [3.63, 3.8) is 0 Å². The molecule has 1 aromatic rings. The van der Waals surface area contributed by atoms with Gasteiger partial charge in [0, 0.05) is 13.1 Å². The molecule has 1 saturated carbocycles. The topological polar surface area (TPSA) is 92.5 Å². The van der Waals surface area contributed by atoms with E-state index in [4.69, 9.17) is 5.73 Å². The van der Waals surface area contributed by atoms with Crippen LogP contribution in [0.15, 0.2) is 29.2 Å². The van der Waals surface area contributed by atoms with Crippen LogP contribution in [-0.2, 0) is 14.8 Å². The predicted molar refractivity (Wildman–Crippen MR) is 110 cm³/mol. The number of halogens is 1. The molecule has 154 valence electrons. The van der Waals surface area contributed by atoms with Gasteiger partial charge in [-0.05, 0) is 37.5 Å². The van der Waals surface area contributed by atoms with E-state index in [0.29, 0.717) is 25.9 Å². The molecule has 27 heavy (non-hydrogen) atoms. The second-order valence-electron chi connectivity index (χ2n) is 7.07. The van der Waals surface area contributed by atoms with Gasteiger partial charge in [-0.25, -0.2) is 8.42 Å². The molecule has 6 nitrogen and oxygen atoms in total. The van der Waals surface area contributed by atoms with Crippen LogP contribution >= 0.6 is 12.4 Å². The highest BCUT2D eigenvalue weighted by molar-refractivity contribution is 7.89. The number of sulfonamides is 1. The summed E-state index contributed by atoms with van der Waals surface area (Å²) in [6.45, 7) is 6.40. The number of hydrogen-bond acceptors (Lipinski definition) is 4. The van der Waals surface area contributed by atoms with Crippen molar-refractivity contribution in [2.45, 2.75) is 69.4 Å². The molecule has 0 saturated heterocycles. The summed E-state index contributed by atoms with van der Waals surface area (Å²) in [6.07, 6.45) is 4.52. The minimum Gasteiger partial charge on any atom is -0.348 e. The third-order valence-corrected chi connectivity index (χ3v) is 7.33. The molecule has 0 aromatic heterocycles. The molecule has 0 aliphatic heterocycles. The SMILES string of the molecule is CCN(CC)S(=O)(=O)c1ccc(C(C)NC(=O)C2(N)CCCCC2)cc1.Cl. The highest BCUT2D eigenvalue weighted by Gasteiger charge is 2.35. The van der Waals surface area contributed by atoms with Crippen molar-refractivity contribution in [2.24, 2.45) is 5.73 Å². The number of nitrogens with zero attached hydrogens (tertiary/aromatic N) is 1. The van der Waals surface area contributed by atoms with E-state index < -0.39 is 15.6 Å². The lowest BCUT2D eigenvalue weighted by Gasteiger charge is -2.33. The van der Waals surface area contributed by atoms with Gasteiger partial charge in [0.25, 0.3) is 0 Å². The third kappa shape index (κ3) is 5.44. The van der Waals surface area contributed by atoms with Gasteiger partial charge in [0.2, 0.25) is 15.9 Å². The van der Waals surface area contributed by atoms with Crippen LogP contribution in [0.4, 0.5) is 0 Å². The average Bonchev–Trinajstić information content (AvgIpc) is 2.63. The van der Waals surface area contributed by atoms with Gasteiger partial charge in [-0.3, -0.25) is 4.79 Å². The van der Waals surface area contributed by atoms with E-state index in [1.807, 2.05) is 20.8 Å². The summed E-state index contributed by atoms with van der Waals surface area (Å²) in [5.41, 5.74) is 6.36. The molecule has 0 bridgehead atoms. The number of carbonyl (C=O) groups excluding carboxylic acids is 1. The summed E-state index contributed by atoms with van der Waals surface area (Å²) in [4.78, 5) is 12.8. The van der Waals surface area contributed by atoms with Crippen LogP contribution in [0.2, 0.25) is 0 Å². The molecule has 0 radical (unpaired) electrons. The number of nitrogens with one attached hydrogen (secondary N) is 1. The van der Waals surface area contributed by atoms with Gasteiger partial charge in [-0.1, -0.05) is 45.2 Å². The average molecular weight is 418 g/mol. The second kappa shape index (κ2) is 9.87. The maximum Gasteiger partial charge on any atom is 0.243 e. The normalized spacial score (nSPS) is 17.8. The van der Waals surface area contributed by atoms with Gasteiger partial charge in [-0.15, -0.1) is 12.4 Å². The minimum absolute atomic E-state index is 0. The highest BCUT2D eigenvalue weighted by atomic mass is 35.5. The zero-order valence-electron chi connectivity index (χ0n) is 16.4.